The lowest BCUT2D eigenvalue weighted by molar-refractivity contribution is 0.0933. The molecule has 2 aromatic carbocycles. The van der Waals surface area contributed by atoms with Crippen LogP contribution in [0.4, 0.5) is 4.39 Å². The van der Waals surface area contributed by atoms with Crippen LogP contribution in [0.2, 0.25) is 0 Å². The fraction of sp³-hybridized carbons (Fsp3) is 0.385. The zero-order valence-corrected chi connectivity index (χ0v) is 18.7. The van der Waals surface area contributed by atoms with Crippen molar-refractivity contribution in [3.05, 3.63) is 64.1 Å². The highest BCUT2D eigenvalue weighted by Crippen LogP contribution is 2.35. The Hall–Kier alpha value is -3.37. The van der Waals surface area contributed by atoms with E-state index in [4.69, 9.17) is 4.74 Å². The minimum Gasteiger partial charge on any atom is -0.489 e. The summed E-state index contributed by atoms with van der Waals surface area (Å²) in [5.41, 5.74) is 4.99. The molecular formula is C26H27FN4O2. The quantitative estimate of drug-likeness (QED) is 0.605. The topological polar surface area (TPSA) is 81.2 Å². The number of aromatic nitrogens is 1. The van der Waals surface area contributed by atoms with E-state index in [2.05, 4.69) is 28.2 Å². The van der Waals surface area contributed by atoms with Crippen LogP contribution >= 0.6 is 0 Å². The number of aryl methyl sites for hydroxylation is 1. The summed E-state index contributed by atoms with van der Waals surface area (Å²) in [6, 6.07) is 9.47. The second kappa shape index (κ2) is 8.87. The second-order valence-corrected chi connectivity index (χ2v) is 8.79. The maximum absolute atomic E-state index is 14.6. The molecule has 3 aromatic rings. The third kappa shape index (κ3) is 3.96. The molecule has 0 saturated carbocycles. The number of rotatable bonds is 6. The summed E-state index contributed by atoms with van der Waals surface area (Å²) in [4.78, 5) is 18.2. The molecule has 7 heteroatoms. The number of benzene rings is 2. The molecule has 1 aromatic heterocycles. The molecule has 5 rings (SSSR count). The van der Waals surface area contributed by atoms with Crippen LogP contribution in [0.15, 0.2) is 30.5 Å². The molecule has 2 N–H and O–H groups in total. The lowest BCUT2D eigenvalue weighted by Crippen LogP contribution is -2.45. The van der Waals surface area contributed by atoms with Crippen LogP contribution in [0.1, 0.15) is 46.0 Å². The molecule has 33 heavy (non-hydrogen) atoms. The highest BCUT2D eigenvalue weighted by molar-refractivity contribution is 5.99. The van der Waals surface area contributed by atoms with E-state index in [1.54, 1.807) is 0 Å². The van der Waals surface area contributed by atoms with E-state index in [1.165, 1.54) is 11.6 Å². The Morgan fingerprint density at radius 1 is 1.33 bits per heavy atom. The van der Waals surface area contributed by atoms with Gasteiger partial charge in [-0.2, -0.15) is 5.26 Å². The molecule has 2 aliphatic rings. The Bertz CT molecular complexity index is 1260. The molecule has 1 unspecified atom stereocenters. The highest BCUT2D eigenvalue weighted by Gasteiger charge is 2.33. The van der Waals surface area contributed by atoms with Crippen LogP contribution in [0.5, 0.6) is 5.75 Å². The smallest absolute Gasteiger partial charge is 0.251 e. The van der Waals surface area contributed by atoms with Gasteiger partial charge in [-0.15, -0.1) is 0 Å². The standard InChI is InChI=1S/C26H27FN4O2/c1-2-31(9-3-4-18-14-30-23-6-5-16(13-28)10-20(18)23)19-12-21-24-17(7-8-29-26(24)32)11-22(27)25(21)33-15-19/h5-6,10-11,14,19,30H,2-4,7-9,12,15H2,1H3,(H,29,32). The van der Waals surface area contributed by atoms with Gasteiger partial charge in [0, 0.05) is 40.8 Å². The summed E-state index contributed by atoms with van der Waals surface area (Å²) < 4.78 is 20.5. The van der Waals surface area contributed by atoms with E-state index < -0.39 is 0 Å². The van der Waals surface area contributed by atoms with E-state index in [0.717, 1.165) is 42.4 Å². The maximum atomic E-state index is 14.6. The summed E-state index contributed by atoms with van der Waals surface area (Å²) >= 11 is 0. The van der Waals surface area contributed by atoms with Crippen molar-refractivity contribution in [2.45, 2.75) is 38.6 Å². The van der Waals surface area contributed by atoms with Crippen molar-refractivity contribution in [3.8, 4) is 11.8 Å². The van der Waals surface area contributed by atoms with Gasteiger partial charge in [-0.3, -0.25) is 9.69 Å². The van der Waals surface area contributed by atoms with Crippen LogP contribution in [0.3, 0.4) is 0 Å². The summed E-state index contributed by atoms with van der Waals surface area (Å²) in [6.45, 7) is 4.79. The predicted molar refractivity (Wildman–Crippen MR) is 124 cm³/mol. The molecule has 6 nitrogen and oxygen atoms in total. The maximum Gasteiger partial charge on any atom is 0.251 e. The summed E-state index contributed by atoms with van der Waals surface area (Å²) in [5.74, 6) is -0.253. The highest BCUT2D eigenvalue weighted by atomic mass is 19.1. The van der Waals surface area contributed by atoms with Crippen molar-refractivity contribution in [2.24, 2.45) is 0 Å². The van der Waals surface area contributed by atoms with E-state index >= 15 is 0 Å². The molecule has 0 aliphatic carbocycles. The summed E-state index contributed by atoms with van der Waals surface area (Å²) in [7, 11) is 0. The second-order valence-electron chi connectivity index (χ2n) is 8.79. The number of nitrogens with one attached hydrogen (secondary N) is 2. The van der Waals surface area contributed by atoms with Crippen LogP contribution in [-0.2, 0) is 19.3 Å². The van der Waals surface area contributed by atoms with Crippen molar-refractivity contribution in [1.29, 1.82) is 5.26 Å². The molecule has 2 aliphatic heterocycles. The zero-order valence-electron chi connectivity index (χ0n) is 18.7. The number of hydrogen-bond donors (Lipinski definition) is 2. The van der Waals surface area contributed by atoms with Crippen molar-refractivity contribution in [3.63, 3.8) is 0 Å². The van der Waals surface area contributed by atoms with Gasteiger partial charge in [0.05, 0.1) is 11.6 Å². The number of aromatic amines is 1. The number of hydrogen-bond acceptors (Lipinski definition) is 4. The van der Waals surface area contributed by atoms with Gasteiger partial charge in [0.25, 0.3) is 5.91 Å². The molecule has 0 spiro atoms. The van der Waals surface area contributed by atoms with Gasteiger partial charge >= 0.3 is 0 Å². The molecule has 0 fully saturated rings. The van der Waals surface area contributed by atoms with Crippen LogP contribution < -0.4 is 10.1 Å². The number of amides is 1. The first-order chi connectivity index (χ1) is 16.1. The number of likely N-dealkylation sites (N-methyl/N-ethyl adjacent to an activating group) is 1. The molecule has 0 radical (unpaired) electrons. The largest absolute Gasteiger partial charge is 0.489 e. The van der Waals surface area contributed by atoms with Gasteiger partial charge in [0.15, 0.2) is 11.6 Å². The number of nitrogens with zero attached hydrogens (tertiary/aromatic N) is 2. The third-order valence-corrected chi connectivity index (χ3v) is 6.89. The van der Waals surface area contributed by atoms with E-state index in [0.29, 0.717) is 42.7 Å². The third-order valence-electron chi connectivity index (χ3n) is 6.89. The Morgan fingerprint density at radius 2 is 2.21 bits per heavy atom. The van der Waals surface area contributed by atoms with Gasteiger partial charge in [0.2, 0.25) is 0 Å². The molecule has 3 heterocycles. The van der Waals surface area contributed by atoms with Crippen molar-refractivity contribution in [2.75, 3.05) is 26.2 Å². The van der Waals surface area contributed by atoms with Gasteiger partial charge < -0.3 is 15.0 Å². The minimum absolute atomic E-state index is 0.0938. The number of nitriles is 1. The molecular weight excluding hydrogens is 419 g/mol. The fourth-order valence-electron chi connectivity index (χ4n) is 5.21. The lowest BCUT2D eigenvalue weighted by atomic mass is 9.89. The zero-order chi connectivity index (χ0) is 22.9. The molecule has 0 bridgehead atoms. The lowest BCUT2D eigenvalue weighted by Gasteiger charge is -2.36. The number of ether oxygens (including phenoxy) is 1. The number of fused-ring (bicyclic) bond motifs is 4. The Labute approximate surface area is 192 Å². The first-order valence-electron chi connectivity index (χ1n) is 11.6. The van der Waals surface area contributed by atoms with Crippen molar-refractivity contribution >= 4 is 16.8 Å². The van der Waals surface area contributed by atoms with E-state index in [-0.39, 0.29) is 23.5 Å². The number of halogens is 1. The van der Waals surface area contributed by atoms with Gasteiger partial charge in [-0.05, 0) is 74.2 Å². The van der Waals surface area contributed by atoms with Crippen LogP contribution in [0.25, 0.3) is 10.9 Å². The molecule has 170 valence electrons. The first kappa shape index (κ1) is 21.5. The SMILES string of the molecule is CCN(CCCc1c[nH]c2ccc(C#N)cc12)C1COc2c(F)cc3c(c2C1)C(=O)NCC3. The van der Waals surface area contributed by atoms with E-state index in [9.17, 15) is 14.4 Å². The summed E-state index contributed by atoms with van der Waals surface area (Å²) in [6.07, 6.45) is 5.11. The van der Waals surface area contributed by atoms with Crippen molar-refractivity contribution in [1.82, 2.24) is 15.2 Å². The number of carbonyl (C=O) groups is 1. The van der Waals surface area contributed by atoms with Gasteiger partial charge in [-0.25, -0.2) is 4.39 Å². The molecule has 1 amide bonds. The average molecular weight is 447 g/mol. The Kier molecular flexibility index (Phi) is 5.77. The van der Waals surface area contributed by atoms with Crippen molar-refractivity contribution < 1.29 is 13.9 Å². The fourth-order valence-corrected chi connectivity index (χ4v) is 5.21. The average Bonchev–Trinajstić information content (AvgIpc) is 3.23. The Morgan fingerprint density at radius 3 is 3.03 bits per heavy atom. The summed E-state index contributed by atoms with van der Waals surface area (Å²) in [5, 5.41) is 13.2. The van der Waals surface area contributed by atoms with Gasteiger partial charge in [-0.1, -0.05) is 6.92 Å². The normalized spacial score (nSPS) is 17.3. The number of carbonyl (C=O) groups excluding carboxylic acids is 1. The van der Waals surface area contributed by atoms with E-state index in [1.807, 2.05) is 24.4 Å². The first-order valence-corrected chi connectivity index (χ1v) is 11.6. The molecule has 0 saturated heterocycles. The number of H-pyrrole nitrogens is 1. The minimum atomic E-state index is -0.365. The van der Waals surface area contributed by atoms with Crippen LogP contribution in [0, 0.1) is 17.1 Å². The van der Waals surface area contributed by atoms with Crippen LogP contribution in [-0.4, -0.2) is 48.1 Å². The Balaban J connectivity index is 1.30. The monoisotopic (exact) mass is 446 g/mol. The molecule has 1 atom stereocenters. The van der Waals surface area contributed by atoms with Gasteiger partial charge in [0.1, 0.15) is 6.61 Å². The predicted octanol–water partition coefficient (Wildman–Crippen LogP) is 3.72.